The van der Waals surface area contributed by atoms with Gasteiger partial charge in [-0.15, -0.1) is 0 Å². The number of rotatable bonds is 1. The molecule has 3 heterocycles. The van der Waals surface area contributed by atoms with Crippen LogP contribution in [0.2, 0.25) is 0 Å². The Bertz CT molecular complexity index is 878. The summed E-state index contributed by atoms with van der Waals surface area (Å²) in [7, 11) is 0. The van der Waals surface area contributed by atoms with Crippen molar-refractivity contribution in [1.82, 2.24) is 15.2 Å². The SMILES string of the molecule is Cc1ncoc1C(=O)N1CC[C@H]2NC(=O)c3ccccc3OCCCCC[C@H]2C1. The Morgan fingerprint density at radius 1 is 1.21 bits per heavy atom. The van der Waals surface area contributed by atoms with E-state index in [1.807, 2.05) is 23.1 Å². The van der Waals surface area contributed by atoms with E-state index in [9.17, 15) is 9.59 Å². The molecule has 0 spiro atoms. The first-order valence-electron chi connectivity index (χ1n) is 10.4. The van der Waals surface area contributed by atoms with Crippen molar-refractivity contribution in [2.24, 2.45) is 5.92 Å². The molecule has 4 rings (SSSR count). The van der Waals surface area contributed by atoms with Crippen molar-refractivity contribution in [2.45, 2.75) is 45.1 Å². The fourth-order valence-corrected chi connectivity index (χ4v) is 4.24. The topological polar surface area (TPSA) is 84.7 Å². The van der Waals surface area contributed by atoms with Gasteiger partial charge in [-0.25, -0.2) is 4.98 Å². The normalized spacial score (nSPS) is 22.9. The minimum atomic E-state index is -0.116. The molecule has 7 nitrogen and oxygen atoms in total. The zero-order chi connectivity index (χ0) is 20.2. The Morgan fingerprint density at radius 2 is 2.07 bits per heavy atom. The van der Waals surface area contributed by atoms with Gasteiger partial charge in [0.15, 0.2) is 6.39 Å². The van der Waals surface area contributed by atoms with E-state index in [1.54, 1.807) is 13.0 Å². The summed E-state index contributed by atoms with van der Waals surface area (Å²) in [6.45, 7) is 3.58. The number of hydrogen-bond donors (Lipinski definition) is 1. The van der Waals surface area contributed by atoms with Gasteiger partial charge in [0.25, 0.3) is 11.8 Å². The summed E-state index contributed by atoms with van der Waals surface area (Å²) in [6.07, 6.45) is 6.06. The van der Waals surface area contributed by atoms with Gasteiger partial charge >= 0.3 is 0 Å². The molecule has 1 fully saturated rings. The van der Waals surface area contributed by atoms with Crippen molar-refractivity contribution in [1.29, 1.82) is 0 Å². The lowest BCUT2D eigenvalue weighted by atomic mass is 9.87. The third-order valence-corrected chi connectivity index (χ3v) is 5.89. The number of benzene rings is 1. The van der Waals surface area contributed by atoms with Gasteiger partial charge in [0.2, 0.25) is 5.76 Å². The maximum atomic E-state index is 12.9. The summed E-state index contributed by atoms with van der Waals surface area (Å²) in [5.74, 6) is 0.936. The molecule has 2 amide bonds. The van der Waals surface area contributed by atoms with Crippen molar-refractivity contribution in [3.8, 4) is 5.75 Å². The zero-order valence-electron chi connectivity index (χ0n) is 16.7. The van der Waals surface area contributed by atoms with Gasteiger partial charge in [0.05, 0.1) is 17.9 Å². The van der Waals surface area contributed by atoms with Crippen LogP contribution in [0, 0.1) is 12.8 Å². The number of likely N-dealkylation sites (tertiary alicyclic amines) is 1. The predicted molar refractivity (Wildman–Crippen MR) is 107 cm³/mol. The van der Waals surface area contributed by atoms with Crippen molar-refractivity contribution >= 4 is 11.8 Å². The van der Waals surface area contributed by atoms with E-state index >= 15 is 0 Å². The van der Waals surface area contributed by atoms with Crippen molar-refractivity contribution in [3.05, 3.63) is 47.7 Å². The highest BCUT2D eigenvalue weighted by Crippen LogP contribution is 2.27. The van der Waals surface area contributed by atoms with Crippen LogP contribution < -0.4 is 10.1 Å². The molecular weight excluding hydrogens is 370 g/mol. The maximum Gasteiger partial charge on any atom is 0.291 e. The van der Waals surface area contributed by atoms with E-state index in [-0.39, 0.29) is 23.8 Å². The van der Waals surface area contributed by atoms with Crippen LogP contribution in [0.15, 0.2) is 35.1 Å². The smallest absolute Gasteiger partial charge is 0.291 e. The molecule has 0 saturated carbocycles. The number of fused-ring (bicyclic) bond motifs is 2. The summed E-state index contributed by atoms with van der Waals surface area (Å²) in [5.41, 5.74) is 1.18. The van der Waals surface area contributed by atoms with Crippen LogP contribution in [0.1, 0.15) is 58.7 Å². The fourth-order valence-electron chi connectivity index (χ4n) is 4.24. The minimum absolute atomic E-state index is 0.0369. The number of aromatic nitrogens is 1. The first-order chi connectivity index (χ1) is 14.1. The number of ether oxygens (including phenoxy) is 1. The highest BCUT2D eigenvalue weighted by Gasteiger charge is 2.34. The molecule has 0 bridgehead atoms. The Balaban J connectivity index is 1.51. The van der Waals surface area contributed by atoms with E-state index in [1.165, 1.54) is 6.39 Å². The van der Waals surface area contributed by atoms with E-state index in [0.29, 0.717) is 42.5 Å². The number of oxazole rings is 1. The molecule has 29 heavy (non-hydrogen) atoms. The second-order valence-corrected chi connectivity index (χ2v) is 7.84. The molecule has 0 radical (unpaired) electrons. The standard InChI is InChI=1S/C22H27N3O4/c1-15-20(29-14-23-15)22(27)25-11-10-18-16(13-25)7-3-2-6-12-28-19-9-5-4-8-17(19)21(26)24-18/h4-5,8-9,14,16,18H,2-3,6-7,10-13H2,1H3,(H,24,26)/t16-,18+/m0/s1. The van der Waals surface area contributed by atoms with Crippen LogP contribution in [0.3, 0.4) is 0 Å². The van der Waals surface area contributed by atoms with Crippen molar-refractivity contribution < 1.29 is 18.7 Å². The van der Waals surface area contributed by atoms with Gasteiger partial charge in [-0.2, -0.15) is 0 Å². The lowest BCUT2D eigenvalue weighted by molar-refractivity contribution is 0.0575. The first-order valence-corrected chi connectivity index (χ1v) is 10.4. The summed E-state index contributed by atoms with van der Waals surface area (Å²) in [6, 6.07) is 7.42. The molecule has 1 saturated heterocycles. The number of nitrogens with zero attached hydrogens (tertiary/aromatic N) is 2. The molecule has 0 aliphatic carbocycles. The van der Waals surface area contributed by atoms with Gasteiger partial charge in [-0.1, -0.05) is 25.0 Å². The Hall–Kier alpha value is -2.83. The lowest BCUT2D eigenvalue weighted by Gasteiger charge is -2.39. The highest BCUT2D eigenvalue weighted by molar-refractivity contribution is 5.97. The van der Waals surface area contributed by atoms with E-state index in [4.69, 9.17) is 9.15 Å². The van der Waals surface area contributed by atoms with Crippen molar-refractivity contribution in [3.63, 3.8) is 0 Å². The zero-order valence-corrected chi connectivity index (χ0v) is 16.7. The summed E-state index contributed by atoms with van der Waals surface area (Å²) in [4.78, 5) is 31.6. The Kier molecular flexibility index (Phi) is 5.83. The molecule has 2 aliphatic heterocycles. The number of amides is 2. The number of carbonyl (C=O) groups is 2. The summed E-state index contributed by atoms with van der Waals surface area (Å²) in [5, 5.41) is 3.21. The largest absolute Gasteiger partial charge is 0.493 e. The summed E-state index contributed by atoms with van der Waals surface area (Å²) < 4.78 is 11.1. The molecule has 2 atom stereocenters. The van der Waals surface area contributed by atoms with Crippen LogP contribution in [-0.4, -0.2) is 47.4 Å². The van der Waals surface area contributed by atoms with E-state index < -0.39 is 0 Å². The van der Waals surface area contributed by atoms with Crippen LogP contribution >= 0.6 is 0 Å². The lowest BCUT2D eigenvalue weighted by Crippen LogP contribution is -2.52. The third kappa shape index (κ3) is 4.28. The van der Waals surface area contributed by atoms with Gasteiger partial charge in [-0.3, -0.25) is 9.59 Å². The number of para-hydroxylation sites is 1. The third-order valence-electron chi connectivity index (χ3n) is 5.89. The Labute approximate surface area is 170 Å². The molecule has 0 unspecified atom stereocenters. The summed E-state index contributed by atoms with van der Waals surface area (Å²) >= 11 is 0. The number of carbonyl (C=O) groups excluding carboxylic acids is 2. The number of aryl methyl sites for hydroxylation is 1. The van der Waals surface area contributed by atoms with Crippen LogP contribution in [0.25, 0.3) is 0 Å². The highest BCUT2D eigenvalue weighted by atomic mass is 16.5. The first kappa shape index (κ1) is 19.5. The average Bonchev–Trinajstić information content (AvgIpc) is 3.16. The molecule has 1 aromatic carbocycles. The van der Waals surface area contributed by atoms with Gasteiger partial charge in [0.1, 0.15) is 5.75 Å². The minimum Gasteiger partial charge on any atom is -0.493 e. The van der Waals surface area contributed by atoms with E-state index in [0.717, 1.165) is 32.1 Å². The van der Waals surface area contributed by atoms with Gasteiger partial charge in [-0.05, 0) is 44.2 Å². The monoisotopic (exact) mass is 397 g/mol. The molecule has 2 aromatic rings. The van der Waals surface area contributed by atoms with Crippen LogP contribution in [-0.2, 0) is 0 Å². The molecular formula is C22H27N3O4. The number of hydrogen-bond acceptors (Lipinski definition) is 5. The number of piperidine rings is 1. The second kappa shape index (κ2) is 8.68. The van der Waals surface area contributed by atoms with Gasteiger partial charge in [0, 0.05) is 19.1 Å². The van der Waals surface area contributed by atoms with E-state index in [2.05, 4.69) is 10.3 Å². The molecule has 7 heteroatoms. The molecule has 1 aromatic heterocycles. The maximum absolute atomic E-state index is 12.9. The van der Waals surface area contributed by atoms with Crippen LogP contribution in [0.4, 0.5) is 0 Å². The quantitative estimate of drug-likeness (QED) is 0.799. The second-order valence-electron chi connectivity index (χ2n) is 7.84. The fraction of sp³-hybridized carbons (Fsp3) is 0.500. The number of nitrogens with one attached hydrogen (secondary N) is 1. The van der Waals surface area contributed by atoms with Crippen molar-refractivity contribution in [2.75, 3.05) is 19.7 Å². The Morgan fingerprint density at radius 3 is 2.90 bits per heavy atom. The van der Waals surface area contributed by atoms with Gasteiger partial charge < -0.3 is 19.4 Å². The molecule has 1 N–H and O–H groups in total. The molecule has 154 valence electrons. The predicted octanol–water partition coefficient (Wildman–Crippen LogP) is 3.20. The van der Waals surface area contributed by atoms with Crippen LogP contribution in [0.5, 0.6) is 5.75 Å². The molecule has 2 aliphatic rings. The average molecular weight is 397 g/mol.